The predicted octanol–water partition coefficient (Wildman–Crippen LogP) is 0.566. The van der Waals surface area contributed by atoms with E-state index in [4.69, 9.17) is 5.21 Å². The minimum Gasteiger partial charge on any atom is -0.462 e. The maximum Gasteiger partial charge on any atom is 0.330 e. The van der Waals surface area contributed by atoms with Crippen molar-refractivity contribution in [3.8, 4) is 0 Å². The first-order valence-corrected chi connectivity index (χ1v) is 2.76. The fraction of sp³-hybridized carbons (Fsp3) is 0.333. The minimum atomic E-state index is -0.466. The highest BCUT2D eigenvalue weighted by molar-refractivity contribution is 5.81. The highest BCUT2D eigenvalue weighted by Crippen LogP contribution is 1.81. The topological polar surface area (TPSA) is 58.9 Å². The van der Waals surface area contributed by atoms with E-state index in [1.165, 1.54) is 6.21 Å². The zero-order chi connectivity index (χ0) is 7.82. The van der Waals surface area contributed by atoms with E-state index in [-0.39, 0.29) is 6.61 Å². The molecule has 0 bridgehead atoms. The summed E-state index contributed by atoms with van der Waals surface area (Å²) >= 11 is 0. The van der Waals surface area contributed by atoms with Crippen molar-refractivity contribution in [1.29, 1.82) is 0 Å². The third-order valence-electron chi connectivity index (χ3n) is 0.740. The van der Waals surface area contributed by atoms with Crippen molar-refractivity contribution in [2.75, 3.05) is 6.61 Å². The molecule has 0 spiro atoms. The van der Waals surface area contributed by atoms with Gasteiger partial charge in [-0.3, -0.25) is 0 Å². The summed E-state index contributed by atoms with van der Waals surface area (Å²) in [4.78, 5) is 10.3. The Morgan fingerprint density at radius 2 is 2.50 bits per heavy atom. The van der Waals surface area contributed by atoms with Crippen molar-refractivity contribution in [2.45, 2.75) is 6.42 Å². The fourth-order valence-electron chi connectivity index (χ4n) is 0.329. The average molecular weight is 143 g/mol. The van der Waals surface area contributed by atoms with Crippen LogP contribution in [0.1, 0.15) is 6.42 Å². The fourth-order valence-corrected chi connectivity index (χ4v) is 0.329. The number of hydrogen-bond donors (Lipinski definition) is 1. The standard InChI is InChI=1S/C6H9NO3/c1-2-6(8)10-5-3-4-7-9/h2,4,9H,1,3,5H2. The Bertz CT molecular complexity index is 142. The second-order valence-electron chi connectivity index (χ2n) is 1.46. The van der Waals surface area contributed by atoms with Crippen LogP contribution in [0.25, 0.3) is 0 Å². The second kappa shape index (κ2) is 5.81. The van der Waals surface area contributed by atoms with E-state index in [0.29, 0.717) is 6.42 Å². The molecule has 0 fully saturated rings. The third kappa shape index (κ3) is 4.83. The lowest BCUT2D eigenvalue weighted by Gasteiger charge is -1.95. The van der Waals surface area contributed by atoms with Crippen molar-refractivity contribution in [3.05, 3.63) is 12.7 Å². The van der Waals surface area contributed by atoms with Crippen molar-refractivity contribution in [2.24, 2.45) is 5.16 Å². The lowest BCUT2D eigenvalue weighted by Crippen LogP contribution is -2.01. The van der Waals surface area contributed by atoms with Gasteiger partial charge in [0.1, 0.15) is 0 Å². The summed E-state index contributed by atoms with van der Waals surface area (Å²) in [6.07, 6.45) is 2.74. The smallest absolute Gasteiger partial charge is 0.330 e. The molecule has 0 aromatic carbocycles. The van der Waals surface area contributed by atoms with Crippen LogP contribution < -0.4 is 0 Å². The minimum absolute atomic E-state index is 0.217. The van der Waals surface area contributed by atoms with E-state index in [0.717, 1.165) is 6.08 Å². The van der Waals surface area contributed by atoms with Crippen LogP contribution >= 0.6 is 0 Å². The van der Waals surface area contributed by atoms with Gasteiger partial charge in [-0.25, -0.2) is 4.79 Å². The molecule has 0 aromatic rings. The Balaban J connectivity index is 3.19. The Morgan fingerprint density at radius 1 is 1.80 bits per heavy atom. The van der Waals surface area contributed by atoms with Crippen molar-refractivity contribution >= 4 is 12.2 Å². The molecular formula is C6H9NO3. The van der Waals surface area contributed by atoms with Gasteiger partial charge in [0.2, 0.25) is 0 Å². The highest BCUT2D eigenvalue weighted by atomic mass is 16.5. The van der Waals surface area contributed by atoms with E-state index in [2.05, 4.69) is 16.5 Å². The number of rotatable bonds is 4. The Hall–Kier alpha value is -1.32. The molecule has 0 unspecified atom stereocenters. The molecule has 0 saturated carbocycles. The lowest BCUT2D eigenvalue weighted by molar-refractivity contribution is -0.137. The van der Waals surface area contributed by atoms with Gasteiger partial charge in [0.05, 0.1) is 6.61 Å². The number of hydrogen-bond acceptors (Lipinski definition) is 4. The SMILES string of the molecule is C=CC(=O)OCCC=NO. The van der Waals surface area contributed by atoms with Gasteiger partial charge in [0.15, 0.2) is 0 Å². The zero-order valence-electron chi connectivity index (χ0n) is 5.49. The van der Waals surface area contributed by atoms with Gasteiger partial charge in [0, 0.05) is 18.7 Å². The molecule has 56 valence electrons. The average Bonchev–Trinajstić information content (AvgIpc) is 1.98. The molecule has 10 heavy (non-hydrogen) atoms. The molecule has 0 atom stereocenters. The summed E-state index contributed by atoms with van der Waals surface area (Å²) in [5.74, 6) is -0.466. The number of carbonyl (C=O) groups is 1. The van der Waals surface area contributed by atoms with Crippen LogP contribution in [0.2, 0.25) is 0 Å². The molecule has 0 aromatic heterocycles. The second-order valence-corrected chi connectivity index (χ2v) is 1.46. The van der Waals surface area contributed by atoms with Gasteiger partial charge >= 0.3 is 5.97 Å². The van der Waals surface area contributed by atoms with Gasteiger partial charge in [-0.2, -0.15) is 0 Å². The Kier molecular flexibility index (Phi) is 5.04. The molecule has 0 radical (unpaired) electrons. The van der Waals surface area contributed by atoms with E-state index in [1.807, 2.05) is 0 Å². The van der Waals surface area contributed by atoms with Crippen molar-refractivity contribution in [1.82, 2.24) is 0 Å². The summed E-state index contributed by atoms with van der Waals surface area (Å²) in [5.41, 5.74) is 0. The molecule has 4 heteroatoms. The van der Waals surface area contributed by atoms with Gasteiger partial charge in [-0.15, -0.1) is 5.16 Å². The van der Waals surface area contributed by atoms with Gasteiger partial charge in [-0.05, 0) is 0 Å². The van der Waals surface area contributed by atoms with Crippen molar-refractivity contribution < 1.29 is 14.7 Å². The molecule has 0 heterocycles. The van der Waals surface area contributed by atoms with Crippen LogP contribution in [0.3, 0.4) is 0 Å². The van der Waals surface area contributed by atoms with E-state index in [1.54, 1.807) is 0 Å². The normalized spacial score (nSPS) is 9.60. The first-order valence-electron chi connectivity index (χ1n) is 2.76. The number of ether oxygens (including phenoxy) is 1. The van der Waals surface area contributed by atoms with E-state index in [9.17, 15) is 4.79 Å². The highest BCUT2D eigenvalue weighted by Gasteiger charge is 1.91. The van der Waals surface area contributed by atoms with Gasteiger partial charge in [0.25, 0.3) is 0 Å². The molecule has 0 saturated heterocycles. The summed E-state index contributed by atoms with van der Waals surface area (Å²) in [6, 6.07) is 0. The lowest BCUT2D eigenvalue weighted by atomic mass is 10.5. The van der Waals surface area contributed by atoms with E-state index >= 15 is 0 Å². The first kappa shape index (κ1) is 8.68. The quantitative estimate of drug-likeness (QED) is 0.156. The third-order valence-corrected chi connectivity index (χ3v) is 0.740. The molecule has 1 N–H and O–H groups in total. The van der Waals surface area contributed by atoms with Crippen LogP contribution in [-0.4, -0.2) is 24.0 Å². The monoisotopic (exact) mass is 143 g/mol. The largest absolute Gasteiger partial charge is 0.462 e. The number of carbonyl (C=O) groups excluding carboxylic acids is 1. The van der Waals surface area contributed by atoms with Crippen LogP contribution in [0.15, 0.2) is 17.8 Å². The molecular weight excluding hydrogens is 134 g/mol. The maximum absolute atomic E-state index is 10.3. The molecule has 0 amide bonds. The molecule has 4 nitrogen and oxygen atoms in total. The van der Waals surface area contributed by atoms with E-state index < -0.39 is 5.97 Å². The number of esters is 1. The van der Waals surface area contributed by atoms with Gasteiger partial charge in [-0.1, -0.05) is 6.58 Å². The summed E-state index contributed by atoms with van der Waals surface area (Å²) in [6.45, 7) is 3.42. The summed E-state index contributed by atoms with van der Waals surface area (Å²) < 4.78 is 4.53. The van der Waals surface area contributed by atoms with Crippen LogP contribution in [-0.2, 0) is 9.53 Å². The summed E-state index contributed by atoms with van der Waals surface area (Å²) in [7, 11) is 0. The first-order chi connectivity index (χ1) is 4.81. The van der Waals surface area contributed by atoms with Crippen LogP contribution in [0, 0.1) is 0 Å². The molecule has 0 aliphatic carbocycles. The molecule has 0 rings (SSSR count). The van der Waals surface area contributed by atoms with Gasteiger partial charge < -0.3 is 9.94 Å². The molecule has 0 aliphatic heterocycles. The Labute approximate surface area is 58.8 Å². The van der Waals surface area contributed by atoms with Crippen LogP contribution in [0.4, 0.5) is 0 Å². The summed E-state index contributed by atoms with van der Waals surface area (Å²) in [5, 5.41) is 10.6. The zero-order valence-corrected chi connectivity index (χ0v) is 5.49. The molecule has 0 aliphatic rings. The number of nitrogens with zero attached hydrogens (tertiary/aromatic N) is 1. The predicted molar refractivity (Wildman–Crippen MR) is 36.1 cm³/mol. The van der Waals surface area contributed by atoms with Crippen molar-refractivity contribution in [3.63, 3.8) is 0 Å². The maximum atomic E-state index is 10.3. The Morgan fingerprint density at radius 3 is 3.00 bits per heavy atom. The van der Waals surface area contributed by atoms with Crippen LogP contribution in [0.5, 0.6) is 0 Å². The number of oxime groups is 1.